The summed E-state index contributed by atoms with van der Waals surface area (Å²) in [5, 5.41) is 21.0. The van der Waals surface area contributed by atoms with Crippen LogP contribution in [-0.4, -0.2) is 20.9 Å². The molecule has 4 aromatic rings. The molecule has 7 heteroatoms. The second-order valence-corrected chi connectivity index (χ2v) is 7.94. The first-order valence-electron chi connectivity index (χ1n) is 10.3. The largest absolute Gasteiger partial charge is 0.341 e. The Labute approximate surface area is 184 Å². The van der Waals surface area contributed by atoms with Gasteiger partial charge in [-0.2, -0.15) is 10.5 Å². The maximum Gasteiger partial charge on any atom is 0.256 e. The molecule has 0 spiro atoms. The number of carbonyl (C=O) groups is 1. The Hall–Kier alpha value is -4.49. The summed E-state index contributed by atoms with van der Waals surface area (Å²) in [6, 6.07) is 19.9. The van der Waals surface area contributed by atoms with Crippen molar-refractivity contribution >= 4 is 22.8 Å². The van der Waals surface area contributed by atoms with Crippen molar-refractivity contribution in [1.82, 2.24) is 15.0 Å². The molecule has 1 saturated carbocycles. The Kier molecular flexibility index (Phi) is 4.65. The number of aromatic nitrogens is 3. The quantitative estimate of drug-likeness (QED) is 0.508. The van der Waals surface area contributed by atoms with Crippen LogP contribution < -0.4 is 5.32 Å². The first kappa shape index (κ1) is 19.5. The number of fused-ring (bicyclic) bond motifs is 1. The van der Waals surface area contributed by atoms with Crippen LogP contribution in [0.5, 0.6) is 0 Å². The monoisotopic (exact) mass is 418 g/mol. The lowest BCUT2D eigenvalue weighted by Gasteiger charge is -2.40. The maximum absolute atomic E-state index is 12.5. The Bertz CT molecular complexity index is 1420. The lowest BCUT2D eigenvalue weighted by atomic mass is 9.64. The number of aromatic amines is 1. The highest BCUT2D eigenvalue weighted by Gasteiger charge is 2.43. The lowest BCUT2D eigenvalue weighted by Crippen LogP contribution is -2.36. The Morgan fingerprint density at radius 3 is 2.53 bits per heavy atom. The zero-order valence-electron chi connectivity index (χ0n) is 17.1. The van der Waals surface area contributed by atoms with Crippen LogP contribution in [0.2, 0.25) is 0 Å². The maximum atomic E-state index is 12.5. The summed E-state index contributed by atoms with van der Waals surface area (Å²) in [5.41, 5.74) is 3.90. The van der Waals surface area contributed by atoms with Gasteiger partial charge >= 0.3 is 0 Å². The number of nitriles is 2. The minimum absolute atomic E-state index is 0.248. The third-order valence-corrected chi connectivity index (χ3v) is 6.08. The Morgan fingerprint density at radius 2 is 1.84 bits per heavy atom. The second kappa shape index (κ2) is 7.64. The number of nitrogens with one attached hydrogen (secondary N) is 2. The van der Waals surface area contributed by atoms with Crippen LogP contribution >= 0.6 is 0 Å². The molecule has 1 aliphatic carbocycles. The van der Waals surface area contributed by atoms with Gasteiger partial charge in [0.15, 0.2) is 0 Å². The van der Waals surface area contributed by atoms with Gasteiger partial charge in [0.2, 0.25) is 0 Å². The van der Waals surface area contributed by atoms with Crippen molar-refractivity contribution in [2.45, 2.75) is 24.7 Å². The molecule has 1 aliphatic rings. The van der Waals surface area contributed by atoms with Crippen LogP contribution in [0.15, 0.2) is 60.8 Å². The fourth-order valence-corrected chi connectivity index (χ4v) is 4.17. The van der Waals surface area contributed by atoms with E-state index < -0.39 is 0 Å². The molecule has 0 bridgehead atoms. The van der Waals surface area contributed by atoms with Crippen LogP contribution in [-0.2, 0) is 5.41 Å². The molecule has 0 unspecified atom stereocenters. The highest BCUT2D eigenvalue weighted by Crippen LogP contribution is 2.48. The smallest absolute Gasteiger partial charge is 0.256 e. The highest BCUT2D eigenvalue weighted by molar-refractivity contribution is 6.03. The van der Waals surface area contributed by atoms with Gasteiger partial charge in [0.1, 0.15) is 11.6 Å². The molecule has 0 aliphatic heterocycles. The van der Waals surface area contributed by atoms with Gasteiger partial charge in [-0.05, 0) is 60.9 Å². The molecule has 7 nitrogen and oxygen atoms in total. The molecule has 0 radical (unpaired) electrons. The second-order valence-electron chi connectivity index (χ2n) is 7.94. The Balaban J connectivity index is 1.40. The zero-order chi connectivity index (χ0) is 22.1. The topological polar surface area (TPSA) is 118 Å². The number of nitrogens with zero attached hydrogens (tertiary/aromatic N) is 4. The van der Waals surface area contributed by atoms with E-state index in [-0.39, 0.29) is 11.3 Å². The minimum Gasteiger partial charge on any atom is -0.341 e. The lowest BCUT2D eigenvalue weighted by molar-refractivity contribution is 0.102. The number of carbonyl (C=O) groups excluding carboxylic acids is 1. The average molecular weight is 418 g/mol. The summed E-state index contributed by atoms with van der Waals surface area (Å²) in [6.07, 6.45) is 4.78. The number of imidazole rings is 1. The van der Waals surface area contributed by atoms with E-state index in [1.165, 1.54) is 0 Å². The molecule has 2 aromatic heterocycles. The molecule has 2 N–H and O–H groups in total. The summed E-state index contributed by atoms with van der Waals surface area (Å²) >= 11 is 0. The van der Waals surface area contributed by atoms with Crippen molar-refractivity contribution in [3.05, 3.63) is 88.9 Å². The predicted molar refractivity (Wildman–Crippen MR) is 119 cm³/mol. The number of rotatable bonds is 4. The van der Waals surface area contributed by atoms with Gasteiger partial charge in [-0.3, -0.25) is 4.79 Å². The molecule has 0 saturated heterocycles. The van der Waals surface area contributed by atoms with E-state index in [4.69, 9.17) is 15.5 Å². The van der Waals surface area contributed by atoms with Crippen molar-refractivity contribution in [1.29, 1.82) is 10.5 Å². The van der Waals surface area contributed by atoms with Crippen molar-refractivity contribution in [2.24, 2.45) is 0 Å². The van der Waals surface area contributed by atoms with E-state index in [1.807, 2.05) is 24.3 Å². The molecule has 0 atom stereocenters. The summed E-state index contributed by atoms with van der Waals surface area (Å²) < 4.78 is 0. The third-order valence-electron chi connectivity index (χ3n) is 6.08. The number of anilines is 1. The summed E-state index contributed by atoms with van der Waals surface area (Å²) in [7, 11) is 0. The fraction of sp³-hybridized carbons (Fsp3) is 0.160. The van der Waals surface area contributed by atoms with Crippen LogP contribution in [0.25, 0.3) is 11.0 Å². The molecular formula is C25H18N6O. The molecule has 154 valence electrons. The van der Waals surface area contributed by atoms with Crippen LogP contribution in [0.1, 0.15) is 52.1 Å². The van der Waals surface area contributed by atoms with Gasteiger partial charge in [0.25, 0.3) is 5.91 Å². The number of hydrogen-bond acceptors (Lipinski definition) is 5. The number of benzene rings is 2. The van der Waals surface area contributed by atoms with Gasteiger partial charge < -0.3 is 10.3 Å². The van der Waals surface area contributed by atoms with E-state index in [9.17, 15) is 4.79 Å². The summed E-state index contributed by atoms with van der Waals surface area (Å²) in [5.74, 6) is 1.01. The molecule has 2 aromatic carbocycles. The van der Waals surface area contributed by atoms with Crippen molar-refractivity contribution in [2.75, 3.05) is 5.32 Å². The first-order chi connectivity index (χ1) is 15.6. The van der Waals surface area contributed by atoms with Crippen LogP contribution in [0.3, 0.4) is 0 Å². The number of amides is 1. The fourth-order valence-electron chi connectivity index (χ4n) is 4.17. The van der Waals surface area contributed by atoms with Gasteiger partial charge in [-0.1, -0.05) is 18.6 Å². The molecule has 2 heterocycles. The van der Waals surface area contributed by atoms with Crippen LogP contribution in [0.4, 0.5) is 5.82 Å². The van der Waals surface area contributed by atoms with E-state index in [2.05, 4.69) is 21.4 Å². The van der Waals surface area contributed by atoms with E-state index in [0.717, 1.165) is 41.7 Å². The standard InChI is InChI=1S/C25H18N6O/c26-13-16-3-1-4-18(11-16)23(32)31-22-8-6-19(15-28-22)25(9-2-10-25)24-29-20-7-5-17(14-27)12-21(20)30-24/h1,3-8,11-12,15H,2,9-10H2,(H,29,30)(H,28,31,32). The predicted octanol–water partition coefficient (Wildman–Crippen LogP) is 4.42. The van der Waals surface area contributed by atoms with Crippen molar-refractivity contribution in [3.8, 4) is 12.1 Å². The molecule has 32 heavy (non-hydrogen) atoms. The average Bonchev–Trinajstić information content (AvgIpc) is 3.22. The zero-order valence-corrected chi connectivity index (χ0v) is 17.1. The van der Waals surface area contributed by atoms with Gasteiger partial charge in [0, 0.05) is 11.8 Å². The molecule has 1 fully saturated rings. The van der Waals surface area contributed by atoms with Crippen molar-refractivity contribution < 1.29 is 4.79 Å². The van der Waals surface area contributed by atoms with E-state index in [1.54, 1.807) is 42.6 Å². The van der Waals surface area contributed by atoms with Gasteiger partial charge in [-0.25, -0.2) is 9.97 Å². The molecule has 5 rings (SSSR count). The normalized spacial score (nSPS) is 14.2. The van der Waals surface area contributed by atoms with E-state index in [0.29, 0.717) is 22.5 Å². The van der Waals surface area contributed by atoms with E-state index >= 15 is 0 Å². The number of hydrogen-bond donors (Lipinski definition) is 2. The molecular weight excluding hydrogens is 400 g/mol. The van der Waals surface area contributed by atoms with Gasteiger partial charge in [0.05, 0.1) is 39.7 Å². The first-order valence-corrected chi connectivity index (χ1v) is 10.3. The summed E-state index contributed by atoms with van der Waals surface area (Å²) in [4.78, 5) is 25.2. The Morgan fingerprint density at radius 1 is 1.03 bits per heavy atom. The van der Waals surface area contributed by atoms with Crippen molar-refractivity contribution in [3.63, 3.8) is 0 Å². The number of pyridine rings is 1. The minimum atomic E-state index is -0.314. The van der Waals surface area contributed by atoms with Gasteiger partial charge in [-0.15, -0.1) is 0 Å². The third kappa shape index (κ3) is 3.27. The highest BCUT2D eigenvalue weighted by atomic mass is 16.1. The SMILES string of the molecule is N#Cc1cccc(C(=O)Nc2ccc(C3(c4nc5ccc(C#N)cc5[nH]4)CCC3)cn2)c1. The van der Waals surface area contributed by atoms with Crippen LogP contribution in [0, 0.1) is 22.7 Å². The molecule has 1 amide bonds. The number of H-pyrrole nitrogens is 1. The summed E-state index contributed by atoms with van der Waals surface area (Å²) in [6.45, 7) is 0.